The van der Waals surface area contributed by atoms with Gasteiger partial charge in [0, 0.05) is 47.2 Å². The van der Waals surface area contributed by atoms with Gasteiger partial charge < -0.3 is 10.1 Å². The summed E-state index contributed by atoms with van der Waals surface area (Å²) in [5, 5.41) is 4.47. The van der Waals surface area contributed by atoms with E-state index in [0.29, 0.717) is 17.8 Å². The molecule has 3 heterocycles. The lowest BCUT2D eigenvalue weighted by atomic mass is 9.95. The average Bonchev–Trinajstić information content (AvgIpc) is 2.86. The highest BCUT2D eigenvalue weighted by Gasteiger charge is 2.26. The zero-order chi connectivity index (χ0) is 24.4. The molecule has 7 nitrogen and oxygen atoms in total. The first-order valence-electron chi connectivity index (χ1n) is 12.0. The number of anilines is 1. The van der Waals surface area contributed by atoms with E-state index in [1.807, 2.05) is 61.5 Å². The number of aryl methyl sites for hydroxylation is 1. The average molecular weight is 469 g/mol. The monoisotopic (exact) mass is 468 g/mol. The van der Waals surface area contributed by atoms with Crippen LogP contribution in [0.15, 0.2) is 54.6 Å². The summed E-state index contributed by atoms with van der Waals surface area (Å²) < 4.78 is 5.56. The molecule has 0 aliphatic carbocycles. The summed E-state index contributed by atoms with van der Waals surface area (Å²) in [5.41, 5.74) is 5.37. The first kappa shape index (κ1) is 22.9. The molecule has 178 valence electrons. The Labute approximate surface area is 204 Å². The highest BCUT2D eigenvalue weighted by atomic mass is 16.5. The van der Waals surface area contributed by atoms with Gasteiger partial charge in [-0.05, 0) is 38.1 Å². The summed E-state index contributed by atoms with van der Waals surface area (Å²) >= 11 is 0. The van der Waals surface area contributed by atoms with Gasteiger partial charge in [0.2, 0.25) is 0 Å². The van der Waals surface area contributed by atoms with E-state index in [-0.39, 0.29) is 6.61 Å². The van der Waals surface area contributed by atoms with Crippen LogP contribution in [0.25, 0.3) is 21.8 Å². The van der Waals surface area contributed by atoms with Crippen molar-refractivity contribution in [1.82, 2.24) is 14.9 Å². The Morgan fingerprint density at radius 3 is 2.51 bits per heavy atom. The lowest BCUT2D eigenvalue weighted by molar-refractivity contribution is -0.119. The number of fused-ring (bicyclic) bond motifs is 3. The van der Waals surface area contributed by atoms with E-state index in [0.717, 1.165) is 64.7 Å². The van der Waals surface area contributed by atoms with Gasteiger partial charge in [0.1, 0.15) is 0 Å². The molecule has 2 aromatic carbocycles. The SMILES string of the molecule is CCCN1CCc2nc3ccccc3c(C(=O)OCC(=O)Nc3cc(C)nc4ccccc34)c2C1. The summed E-state index contributed by atoms with van der Waals surface area (Å²) in [7, 11) is 0. The molecule has 1 amide bonds. The number of rotatable bonds is 6. The number of carbonyl (C=O) groups excluding carboxylic acids is 2. The minimum atomic E-state index is -0.496. The van der Waals surface area contributed by atoms with Gasteiger partial charge >= 0.3 is 5.97 Å². The number of benzene rings is 2. The van der Waals surface area contributed by atoms with Gasteiger partial charge in [0.15, 0.2) is 6.61 Å². The highest BCUT2D eigenvalue weighted by molar-refractivity contribution is 6.07. The maximum atomic E-state index is 13.4. The molecule has 1 aliphatic rings. The van der Waals surface area contributed by atoms with Crippen molar-refractivity contribution in [2.75, 3.05) is 25.0 Å². The van der Waals surface area contributed by atoms with Crippen molar-refractivity contribution < 1.29 is 14.3 Å². The van der Waals surface area contributed by atoms with Crippen LogP contribution in [0.4, 0.5) is 5.69 Å². The third kappa shape index (κ3) is 4.72. The number of para-hydroxylation sites is 2. The van der Waals surface area contributed by atoms with Gasteiger partial charge in [-0.3, -0.25) is 19.7 Å². The van der Waals surface area contributed by atoms with E-state index in [1.165, 1.54) is 0 Å². The fraction of sp³-hybridized carbons (Fsp3) is 0.286. The van der Waals surface area contributed by atoms with Crippen molar-refractivity contribution >= 4 is 39.4 Å². The lowest BCUT2D eigenvalue weighted by Crippen LogP contribution is -2.33. The van der Waals surface area contributed by atoms with Crippen LogP contribution in [0.2, 0.25) is 0 Å². The second kappa shape index (κ2) is 9.80. The van der Waals surface area contributed by atoms with Crippen LogP contribution in [0.3, 0.4) is 0 Å². The van der Waals surface area contributed by atoms with E-state index in [9.17, 15) is 9.59 Å². The van der Waals surface area contributed by atoms with Crippen molar-refractivity contribution in [3.63, 3.8) is 0 Å². The molecule has 0 unspecified atom stereocenters. The molecule has 1 aliphatic heterocycles. The van der Waals surface area contributed by atoms with E-state index < -0.39 is 11.9 Å². The van der Waals surface area contributed by atoms with Crippen molar-refractivity contribution in [1.29, 1.82) is 0 Å². The van der Waals surface area contributed by atoms with Crippen molar-refractivity contribution in [2.45, 2.75) is 33.2 Å². The first-order chi connectivity index (χ1) is 17.0. The van der Waals surface area contributed by atoms with Gasteiger partial charge in [-0.2, -0.15) is 0 Å². The minimum absolute atomic E-state index is 0.376. The maximum Gasteiger partial charge on any atom is 0.339 e. The quantitative estimate of drug-likeness (QED) is 0.415. The van der Waals surface area contributed by atoms with Gasteiger partial charge in [0.05, 0.1) is 22.3 Å². The Hall–Kier alpha value is -3.84. The van der Waals surface area contributed by atoms with Crippen molar-refractivity contribution in [3.05, 3.63) is 77.1 Å². The van der Waals surface area contributed by atoms with E-state index in [4.69, 9.17) is 9.72 Å². The molecule has 0 bridgehead atoms. The van der Waals surface area contributed by atoms with E-state index in [1.54, 1.807) is 0 Å². The van der Waals surface area contributed by atoms with Crippen LogP contribution in [-0.2, 0) is 22.5 Å². The van der Waals surface area contributed by atoms with Gasteiger partial charge in [0.25, 0.3) is 5.91 Å². The van der Waals surface area contributed by atoms with Crippen LogP contribution in [0.5, 0.6) is 0 Å². The lowest BCUT2D eigenvalue weighted by Gasteiger charge is -2.29. The van der Waals surface area contributed by atoms with Crippen LogP contribution in [0, 0.1) is 6.92 Å². The Morgan fingerprint density at radius 1 is 1.03 bits per heavy atom. The smallest absolute Gasteiger partial charge is 0.339 e. The molecular weight excluding hydrogens is 440 g/mol. The number of pyridine rings is 2. The third-order valence-electron chi connectivity index (χ3n) is 6.32. The maximum absolute atomic E-state index is 13.4. The highest BCUT2D eigenvalue weighted by Crippen LogP contribution is 2.29. The molecule has 1 N–H and O–H groups in total. The van der Waals surface area contributed by atoms with E-state index in [2.05, 4.69) is 22.1 Å². The Balaban J connectivity index is 1.39. The predicted molar refractivity (Wildman–Crippen MR) is 136 cm³/mol. The molecular formula is C28H28N4O3. The molecule has 0 spiro atoms. The molecule has 0 fully saturated rings. The van der Waals surface area contributed by atoms with Crippen LogP contribution in [0.1, 0.15) is 40.7 Å². The summed E-state index contributed by atoms with van der Waals surface area (Å²) in [6, 6.07) is 17.0. The summed E-state index contributed by atoms with van der Waals surface area (Å²) in [6.07, 6.45) is 1.83. The number of nitrogens with zero attached hydrogens (tertiary/aromatic N) is 3. The topological polar surface area (TPSA) is 84.4 Å². The number of ether oxygens (including phenoxy) is 1. The van der Waals surface area contributed by atoms with Gasteiger partial charge in [-0.1, -0.05) is 43.3 Å². The summed E-state index contributed by atoms with van der Waals surface area (Å²) in [5.74, 6) is -0.891. The number of hydrogen-bond donors (Lipinski definition) is 1. The third-order valence-corrected chi connectivity index (χ3v) is 6.32. The van der Waals surface area contributed by atoms with Crippen LogP contribution in [-0.4, -0.2) is 46.4 Å². The summed E-state index contributed by atoms with van der Waals surface area (Å²) in [4.78, 5) is 37.8. The van der Waals surface area contributed by atoms with Crippen LogP contribution < -0.4 is 5.32 Å². The second-order valence-electron chi connectivity index (χ2n) is 8.91. The standard InChI is InChI=1S/C28H28N4O3/c1-3-13-32-14-12-24-21(16-32)27(20-9-5-7-11-23(20)30-24)28(34)35-17-26(33)31-25-15-18(2)29-22-10-6-4-8-19(22)25/h4-11,15H,3,12-14,16-17H2,1-2H3,(H,29,31,33). The molecule has 2 aromatic heterocycles. The molecule has 35 heavy (non-hydrogen) atoms. The fourth-order valence-electron chi connectivity index (χ4n) is 4.79. The normalized spacial score (nSPS) is 13.5. The number of hydrogen-bond acceptors (Lipinski definition) is 6. The molecule has 0 saturated heterocycles. The van der Waals surface area contributed by atoms with Crippen molar-refractivity contribution in [3.8, 4) is 0 Å². The number of esters is 1. The van der Waals surface area contributed by atoms with Gasteiger partial charge in [-0.15, -0.1) is 0 Å². The molecule has 0 saturated carbocycles. The predicted octanol–water partition coefficient (Wildman–Crippen LogP) is 4.66. The number of amides is 1. The number of aromatic nitrogens is 2. The van der Waals surface area contributed by atoms with Gasteiger partial charge in [-0.25, -0.2) is 4.79 Å². The molecule has 7 heteroatoms. The molecule has 0 radical (unpaired) electrons. The first-order valence-corrected chi connectivity index (χ1v) is 12.0. The summed E-state index contributed by atoms with van der Waals surface area (Å²) in [6.45, 7) is 6.18. The fourth-order valence-corrected chi connectivity index (χ4v) is 4.79. The molecule has 4 aromatic rings. The number of nitrogens with one attached hydrogen (secondary N) is 1. The van der Waals surface area contributed by atoms with Crippen molar-refractivity contribution in [2.24, 2.45) is 0 Å². The zero-order valence-electron chi connectivity index (χ0n) is 20.0. The van der Waals surface area contributed by atoms with E-state index >= 15 is 0 Å². The molecule has 5 rings (SSSR count). The largest absolute Gasteiger partial charge is 0.452 e. The zero-order valence-corrected chi connectivity index (χ0v) is 20.0. The Morgan fingerprint density at radius 2 is 1.74 bits per heavy atom. The van der Waals surface area contributed by atoms with Crippen LogP contribution >= 0.6 is 0 Å². The number of carbonyl (C=O) groups is 2. The Kier molecular flexibility index (Phi) is 6.42. The minimum Gasteiger partial charge on any atom is -0.452 e. The Bertz CT molecular complexity index is 1430. The molecule has 0 atom stereocenters. The second-order valence-corrected chi connectivity index (χ2v) is 8.91.